The Hall–Kier alpha value is -4.57. The molecule has 9 nitrogen and oxygen atoms in total. The number of aromatic nitrogens is 3. The summed E-state index contributed by atoms with van der Waals surface area (Å²) < 4.78 is 20.6. The van der Waals surface area contributed by atoms with Crippen LogP contribution in [0, 0.1) is 5.82 Å². The highest BCUT2D eigenvalue weighted by Gasteiger charge is 2.25. The molecule has 0 aliphatic carbocycles. The molecule has 1 aromatic heterocycles. The Morgan fingerprint density at radius 2 is 1.93 bits per heavy atom. The van der Waals surface area contributed by atoms with E-state index in [4.69, 9.17) is 4.74 Å². The summed E-state index contributed by atoms with van der Waals surface area (Å²) in [5.41, 5.74) is 3.76. The highest BCUT2D eigenvalue weighted by atomic mass is 19.1. The molecule has 1 atom stereocenters. The number of aliphatic hydroxyl groups is 1. The van der Waals surface area contributed by atoms with Gasteiger partial charge < -0.3 is 24.6 Å². The number of fused-ring (bicyclic) bond motifs is 1. The van der Waals surface area contributed by atoms with Crippen LogP contribution in [-0.4, -0.2) is 56.8 Å². The van der Waals surface area contributed by atoms with Gasteiger partial charge in [-0.2, -0.15) is 0 Å². The Balaban J connectivity index is 0.00000237. The topological polar surface area (TPSA) is 110 Å². The maximum Gasteiger partial charge on any atom is 0.259 e. The number of methoxy groups -OCH3 is 1. The largest absolute Gasteiger partial charge is 0.496 e. The smallest absolute Gasteiger partial charge is 0.259 e. The van der Waals surface area contributed by atoms with Gasteiger partial charge in [0.25, 0.3) is 11.8 Å². The maximum absolute atomic E-state index is 13.3. The Morgan fingerprint density at radius 3 is 2.60 bits per heavy atom. The summed E-state index contributed by atoms with van der Waals surface area (Å²) in [6, 6.07) is 8.88. The standard InChI is InChI=1S/C30H32FN5O4.C2H6/c1-19(28-34-32-18-36(28)21(3)17-37)6-5-7-20(2)33-29(38)26-14-24-16-35(13-12-23(24)15-27(26)40-4)30(39)22-8-10-25(31)11-9-22;1-2/h5-11,14-15,18,21,37H,2,12-13,16-17H2,1,3-4H3,(H,33,38);1-2H3/b7-5-,19-6+;. The summed E-state index contributed by atoms with van der Waals surface area (Å²) in [6.07, 6.45) is 7.39. The van der Waals surface area contributed by atoms with Crippen molar-refractivity contribution in [2.75, 3.05) is 20.3 Å². The quantitative estimate of drug-likeness (QED) is 0.344. The predicted molar refractivity (Wildman–Crippen MR) is 160 cm³/mol. The summed E-state index contributed by atoms with van der Waals surface area (Å²) in [5.74, 6) is 0.0703. The lowest BCUT2D eigenvalue weighted by molar-refractivity contribution is 0.0734. The van der Waals surface area contributed by atoms with Gasteiger partial charge in [0, 0.05) is 24.4 Å². The zero-order chi connectivity index (χ0) is 30.8. The number of carbonyl (C=O) groups is 2. The minimum absolute atomic E-state index is 0.0360. The van der Waals surface area contributed by atoms with Crippen molar-refractivity contribution in [2.45, 2.75) is 46.7 Å². The number of ether oxygens (including phenoxy) is 1. The average molecular weight is 576 g/mol. The van der Waals surface area contributed by atoms with Crippen LogP contribution in [-0.2, 0) is 13.0 Å². The van der Waals surface area contributed by atoms with Crippen LogP contribution in [0.2, 0.25) is 0 Å². The predicted octanol–water partition coefficient (Wildman–Crippen LogP) is 5.11. The third-order valence-corrected chi connectivity index (χ3v) is 6.74. The first-order valence-electron chi connectivity index (χ1n) is 13.8. The summed E-state index contributed by atoms with van der Waals surface area (Å²) in [7, 11) is 1.50. The van der Waals surface area contributed by atoms with Crippen molar-refractivity contribution in [3.05, 3.63) is 107 Å². The van der Waals surface area contributed by atoms with Crippen molar-refractivity contribution in [1.29, 1.82) is 0 Å². The molecule has 2 N–H and O–H groups in total. The molecule has 0 bridgehead atoms. The molecule has 42 heavy (non-hydrogen) atoms. The molecule has 10 heteroatoms. The van der Waals surface area contributed by atoms with E-state index in [0.29, 0.717) is 47.9 Å². The van der Waals surface area contributed by atoms with E-state index in [1.54, 1.807) is 34.0 Å². The molecule has 0 fully saturated rings. The second kappa shape index (κ2) is 14.9. The molecule has 0 saturated heterocycles. The van der Waals surface area contributed by atoms with E-state index in [1.165, 1.54) is 31.4 Å². The fourth-order valence-corrected chi connectivity index (χ4v) is 4.45. The van der Waals surface area contributed by atoms with E-state index >= 15 is 0 Å². The minimum atomic E-state index is -0.400. The number of aliphatic hydroxyl groups excluding tert-OH is 1. The molecule has 1 unspecified atom stereocenters. The number of halogens is 1. The van der Waals surface area contributed by atoms with Crippen LogP contribution < -0.4 is 10.1 Å². The van der Waals surface area contributed by atoms with Gasteiger partial charge in [0.2, 0.25) is 0 Å². The van der Waals surface area contributed by atoms with Crippen LogP contribution in [0.15, 0.2) is 73.2 Å². The van der Waals surface area contributed by atoms with Crippen LogP contribution in [0.5, 0.6) is 5.75 Å². The number of hydrogen-bond acceptors (Lipinski definition) is 6. The summed E-state index contributed by atoms with van der Waals surface area (Å²) >= 11 is 0. The molecular formula is C32H38FN5O4. The van der Waals surface area contributed by atoms with Gasteiger partial charge in [0.15, 0.2) is 5.82 Å². The molecule has 1 aliphatic rings. The lowest BCUT2D eigenvalue weighted by Gasteiger charge is -2.30. The van der Waals surface area contributed by atoms with E-state index in [-0.39, 0.29) is 18.6 Å². The van der Waals surface area contributed by atoms with Crippen LogP contribution in [0.4, 0.5) is 4.39 Å². The lowest BCUT2D eigenvalue weighted by atomic mass is 9.95. The first-order chi connectivity index (χ1) is 20.2. The van der Waals surface area contributed by atoms with Crippen molar-refractivity contribution in [3.8, 4) is 5.75 Å². The molecular weight excluding hydrogens is 537 g/mol. The number of amides is 2. The number of rotatable bonds is 9. The normalized spacial score (nSPS) is 13.6. The summed E-state index contributed by atoms with van der Waals surface area (Å²) in [5, 5.41) is 20.3. The van der Waals surface area contributed by atoms with Crippen molar-refractivity contribution < 1.29 is 23.8 Å². The van der Waals surface area contributed by atoms with E-state index in [2.05, 4.69) is 22.1 Å². The number of nitrogens with one attached hydrogen (secondary N) is 1. The van der Waals surface area contributed by atoms with Crippen LogP contribution in [0.1, 0.15) is 71.4 Å². The van der Waals surface area contributed by atoms with E-state index in [1.807, 2.05) is 39.8 Å². The molecule has 0 radical (unpaired) electrons. The molecule has 2 heterocycles. The molecule has 3 aromatic rings. The highest BCUT2D eigenvalue weighted by molar-refractivity contribution is 5.99. The van der Waals surface area contributed by atoms with Gasteiger partial charge in [-0.25, -0.2) is 4.39 Å². The van der Waals surface area contributed by atoms with Crippen LogP contribution >= 0.6 is 0 Å². The second-order valence-corrected chi connectivity index (χ2v) is 9.59. The SMILES string of the molecule is C=C(/C=C\C=C(/C)c1nncn1C(C)CO)NC(=O)c1cc2c(cc1OC)CCN(C(=O)c1ccc(F)cc1)C2.CC. The third-order valence-electron chi connectivity index (χ3n) is 6.74. The minimum Gasteiger partial charge on any atom is -0.496 e. The molecule has 2 aromatic carbocycles. The van der Waals surface area contributed by atoms with Gasteiger partial charge in [0.05, 0.1) is 25.3 Å². The average Bonchev–Trinajstić information content (AvgIpc) is 3.51. The van der Waals surface area contributed by atoms with Crippen LogP contribution in [0.25, 0.3) is 5.57 Å². The van der Waals surface area contributed by atoms with Crippen molar-refractivity contribution in [3.63, 3.8) is 0 Å². The Labute approximate surface area is 246 Å². The maximum atomic E-state index is 13.3. The highest BCUT2D eigenvalue weighted by Crippen LogP contribution is 2.29. The second-order valence-electron chi connectivity index (χ2n) is 9.59. The van der Waals surface area contributed by atoms with Gasteiger partial charge in [-0.1, -0.05) is 32.6 Å². The molecule has 222 valence electrons. The van der Waals surface area contributed by atoms with Gasteiger partial charge in [-0.05, 0) is 79.4 Å². The first kappa shape index (κ1) is 32.0. The number of carbonyl (C=O) groups excluding carboxylic acids is 2. The third kappa shape index (κ3) is 7.58. The lowest BCUT2D eigenvalue weighted by Crippen LogP contribution is -2.36. The van der Waals surface area contributed by atoms with E-state index in [9.17, 15) is 19.1 Å². The Kier molecular flexibility index (Phi) is 11.3. The Morgan fingerprint density at radius 1 is 1.21 bits per heavy atom. The zero-order valence-electron chi connectivity index (χ0n) is 24.7. The molecule has 0 saturated carbocycles. The number of allylic oxidation sites excluding steroid dienone is 4. The monoisotopic (exact) mass is 575 g/mol. The van der Waals surface area contributed by atoms with Gasteiger partial charge in [-0.15, -0.1) is 10.2 Å². The van der Waals surface area contributed by atoms with Crippen molar-refractivity contribution in [1.82, 2.24) is 25.0 Å². The fourth-order valence-electron chi connectivity index (χ4n) is 4.45. The van der Waals surface area contributed by atoms with Crippen molar-refractivity contribution >= 4 is 17.4 Å². The van der Waals surface area contributed by atoms with Gasteiger partial charge in [0.1, 0.15) is 17.9 Å². The van der Waals surface area contributed by atoms with E-state index in [0.717, 1.165) is 16.7 Å². The Bertz CT molecular complexity index is 1480. The van der Waals surface area contributed by atoms with Crippen LogP contribution in [0.3, 0.4) is 0 Å². The molecule has 2 amide bonds. The number of nitrogens with zero attached hydrogens (tertiary/aromatic N) is 4. The first-order valence-corrected chi connectivity index (χ1v) is 13.8. The summed E-state index contributed by atoms with van der Waals surface area (Å²) in [4.78, 5) is 27.8. The summed E-state index contributed by atoms with van der Waals surface area (Å²) in [6.45, 7) is 12.4. The van der Waals surface area contributed by atoms with Gasteiger partial charge in [-0.3, -0.25) is 9.59 Å². The number of benzene rings is 2. The molecule has 4 rings (SSSR count). The van der Waals surface area contributed by atoms with Crippen molar-refractivity contribution in [2.24, 2.45) is 0 Å². The van der Waals surface area contributed by atoms with E-state index < -0.39 is 11.7 Å². The van der Waals surface area contributed by atoms with Gasteiger partial charge >= 0.3 is 0 Å². The molecule has 0 spiro atoms. The zero-order valence-corrected chi connectivity index (χ0v) is 24.7. The fraction of sp³-hybridized carbons (Fsp3) is 0.312. The molecule has 1 aliphatic heterocycles. The number of hydrogen-bond donors (Lipinski definition) is 2.